The average Bonchev–Trinajstić information content (AvgIpc) is 2.54. The van der Waals surface area contributed by atoms with Gasteiger partial charge in [0.05, 0.1) is 0 Å². The van der Waals surface area contributed by atoms with Gasteiger partial charge in [-0.2, -0.15) is 4.57 Å². The third-order valence-electron chi connectivity index (χ3n) is 3.56. The molecule has 22 heavy (non-hydrogen) atoms. The van der Waals surface area contributed by atoms with Crippen LogP contribution in [0.15, 0.2) is 67.0 Å². The largest absolute Gasteiger partial charge is 0.365 e. The maximum atomic E-state index is 12.6. The van der Waals surface area contributed by atoms with E-state index in [1.165, 1.54) is 0 Å². The number of hydrogen-bond donors (Lipinski definition) is 1. The standard InChI is InChI=1S/C18H14N2O2/c19-18(22)14-7-4-10-20(11-14)12-17(21)16-9-3-6-13-5-1-2-8-15(13)16/h1-11H,12H2,(H-,19,22)/p+1. The van der Waals surface area contributed by atoms with Crippen molar-refractivity contribution in [3.8, 4) is 0 Å². The van der Waals surface area contributed by atoms with Crippen LogP contribution in [0.5, 0.6) is 0 Å². The van der Waals surface area contributed by atoms with Crippen molar-refractivity contribution in [1.29, 1.82) is 0 Å². The summed E-state index contributed by atoms with van der Waals surface area (Å²) in [4.78, 5) is 23.8. The SMILES string of the molecule is NC(=O)c1ccc[n+](CC(=O)c2cccc3ccccc23)c1. The molecule has 0 aliphatic carbocycles. The molecule has 0 spiro atoms. The van der Waals surface area contributed by atoms with Crippen LogP contribution in [0, 0.1) is 0 Å². The Hall–Kier alpha value is -3.01. The predicted octanol–water partition coefficient (Wildman–Crippen LogP) is 2.11. The summed E-state index contributed by atoms with van der Waals surface area (Å²) >= 11 is 0. The normalized spacial score (nSPS) is 10.5. The molecule has 108 valence electrons. The first-order chi connectivity index (χ1) is 10.6. The molecule has 0 atom stereocenters. The number of carbonyl (C=O) groups excluding carboxylic acids is 2. The molecule has 2 aromatic carbocycles. The van der Waals surface area contributed by atoms with Gasteiger partial charge in [-0.3, -0.25) is 9.59 Å². The van der Waals surface area contributed by atoms with Crippen molar-refractivity contribution in [2.75, 3.05) is 0 Å². The van der Waals surface area contributed by atoms with Gasteiger partial charge in [0, 0.05) is 11.6 Å². The number of nitrogens with zero attached hydrogens (tertiary/aromatic N) is 1. The molecule has 0 aliphatic heterocycles. The number of fused-ring (bicyclic) bond motifs is 1. The van der Waals surface area contributed by atoms with Gasteiger partial charge in [0.1, 0.15) is 5.56 Å². The summed E-state index contributed by atoms with van der Waals surface area (Å²) < 4.78 is 1.67. The Morgan fingerprint density at radius 1 is 0.955 bits per heavy atom. The van der Waals surface area contributed by atoms with Gasteiger partial charge in [0.15, 0.2) is 12.4 Å². The molecule has 1 aromatic heterocycles. The van der Waals surface area contributed by atoms with E-state index in [9.17, 15) is 9.59 Å². The van der Waals surface area contributed by atoms with Crippen LogP contribution in [-0.2, 0) is 6.54 Å². The van der Waals surface area contributed by atoms with E-state index in [1.54, 1.807) is 29.1 Å². The Labute approximate surface area is 127 Å². The average molecular weight is 291 g/mol. The Morgan fingerprint density at radius 2 is 1.73 bits per heavy atom. The van der Waals surface area contributed by atoms with Gasteiger partial charge in [-0.1, -0.05) is 42.5 Å². The Balaban J connectivity index is 1.94. The lowest BCUT2D eigenvalue weighted by atomic mass is 10.0. The highest BCUT2D eigenvalue weighted by molar-refractivity contribution is 6.07. The highest BCUT2D eigenvalue weighted by Gasteiger charge is 2.16. The molecule has 3 rings (SSSR count). The van der Waals surface area contributed by atoms with Crippen molar-refractivity contribution < 1.29 is 14.2 Å². The predicted molar refractivity (Wildman–Crippen MR) is 83.4 cm³/mol. The molecule has 2 N–H and O–H groups in total. The smallest absolute Gasteiger partial charge is 0.254 e. The van der Waals surface area contributed by atoms with Crippen molar-refractivity contribution in [3.63, 3.8) is 0 Å². The van der Waals surface area contributed by atoms with Crippen molar-refractivity contribution in [2.24, 2.45) is 5.73 Å². The summed E-state index contributed by atoms with van der Waals surface area (Å²) in [6.45, 7) is 0.162. The maximum absolute atomic E-state index is 12.6. The number of pyridine rings is 1. The lowest BCUT2D eigenvalue weighted by molar-refractivity contribution is -0.683. The van der Waals surface area contributed by atoms with E-state index in [1.807, 2.05) is 42.5 Å². The number of nitrogens with two attached hydrogens (primary N) is 1. The van der Waals surface area contributed by atoms with Gasteiger partial charge in [-0.05, 0) is 16.8 Å². The van der Waals surface area contributed by atoms with Crippen LogP contribution >= 0.6 is 0 Å². The molecule has 0 saturated carbocycles. The van der Waals surface area contributed by atoms with E-state index in [0.29, 0.717) is 11.1 Å². The maximum Gasteiger partial charge on any atom is 0.254 e. The van der Waals surface area contributed by atoms with E-state index >= 15 is 0 Å². The number of carbonyl (C=O) groups is 2. The molecule has 0 aliphatic rings. The molecule has 0 fully saturated rings. The number of benzene rings is 2. The minimum Gasteiger partial charge on any atom is -0.365 e. The van der Waals surface area contributed by atoms with E-state index in [0.717, 1.165) is 10.8 Å². The van der Waals surface area contributed by atoms with E-state index < -0.39 is 5.91 Å². The number of ketones is 1. The molecule has 4 heteroatoms. The monoisotopic (exact) mass is 291 g/mol. The molecule has 0 bridgehead atoms. The zero-order valence-corrected chi connectivity index (χ0v) is 11.9. The highest BCUT2D eigenvalue weighted by Crippen LogP contribution is 2.18. The first kappa shape index (κ1) is 13.9. The van der Waals surface area contributed by atoms with Gasteiger partial charge in [-0.25, -0.2) is 0 Å². The topological polar surface area (TPSA) is 64.0 Å². The molecule has 0 unspecified atom stereocenters. The second kappa shape index (κ2) is 5.77. The van der Waals surface area contributed by atoms with Crippen molar-refractivity contribution in [3.05, 3.63) is 78.1 Å². The second-order valence-corrected chi connectivity index (χ2v) is 5.08. The summed E-state index contributed by atoms with van der Waals surface area (Å²) in [6.07, 6.45) is 3.33. The number of amides is 1. The number of rotatable bonds is 4. The molecule has 3 aromatic rings. The van der Waals surface area contributed by atoms with Crippen molar-refractivity contribution >= 4 is 22.5 Å². The minimum atomic E-state index is -0.507. The molecular weight excluding hydrogens is 276 g/mol. The van der Waals surface area contributed by atoms with Gasteiger partial charge < -0.3 is 5.73 Å². The van der Waals surface area contributed by atoms with E-state index in [-0.39, 0.29) is 12.3 Å². The van der Waals surface area contributed by atoms with Crippen LogP contribution in [0.1, 0.15) is 20.7 Å². The van der Waals surface area contributed by atoms with Crippen LogP contribution in [0.3, 0.4) is 0 Å². The van der Waals surface area contributed by atoms with Crippen LogP contribution < -0.4 is 10.3 Å². The van der Waals surface area contributed by atoms with Crippen molar-refractivity contribution in [1.82, 2.24) is 0 Å². The summed E-state index contributed by atoms with van der Waals surface area (Å²) in [7, 11) is 0. The summed E-state index contributed by atoms with van der Waals surface area (Å²) in [6, 6.07) is 16.8. The summed E-state index contributed by atoms with van der Waals surface area (Å²) in [5.41, 5.74) is 6.32. The zero-order chi connectivity index (χ0) is 15.5. The number of primary amides is 1. The van der Waals surface area contributed by atoms with Crippen molar-refractivity contribution in [2.45, 2.75) is 6.54 Å². The number of aromatic nitrogens is 1. The third kappa shape index (κ3) is 2.72. The van der Waals surface area contributed by atoms with Gasteiger partial charge in [-0.15, -0.1) is 0 Å². The fourth-order valence-electron chi connectivity index (χ4n) is 2.49. The molecule has 0 saturated heterocycles. The third-order valence-corrected chi connectivity index (χ3v) is 3.56. The molecule has 1 heterocycles. The first-order valence-electron chi connectivity index (χ1n) is 6.95. The van der Waals surface area contributed by atoms with Gasteiger partial charge >= 0.3 is 0 Å². The zero-order valence-electron chi connectivity index (χ0n) is 11.9. The summed E-state index contributed by atoms with van der Waals surface area (Å²) in [5.74, 6) is -0.518. The van der Waals surface area contributed by atoms with Crippen LogP contribution in [0.4, 0.5) is 0 Å². The van der Waals surface area contributed by atoms with E-state index in [4.69, 9.17) is 5.73 Å². The molecule has 1 amide bonds. The Morgan fingerprint density at radius 3 is 2.55 bits per heavy atom. The fraction of sp³-hybridized carbons (Fsp3) is 0.0556. The van der Waals surface area contributed by atoms with E-state index in [2.05, 4.69) is 0 Å². The lowest BCUT2D eigenvalue weighted by Gasteiger charge is -2.04. The lowest BCUT2D eigenvalue weighted by Crippen LogP contribution is -2.38. The highest BCUT2D eigenvalue weighted by atomic mass is 16.1. The second-order valence-electron chi connectivity index (χ2n) is 5.08. The summed E-state index contributed by atoms with van der Waals surface area (Å²) in [5, 5.41) is 1.96. The molecule has 4 nitrogen and oxygen atoms in total. The first-order valence-corrected chi connectivity index (χ1v) is 6.95. The van der Waals surface area contributed by atoms with Crippen LogP contribution in [0.2, 0.25) is 0 Å². The van der Waals surface area contributed by atoms with Gasteiger partial charge in [0.25, 0.3) is 5.91 Å². The number of Topliss-reactive ketones (excluding diaryl/α,β-unsaturated/α-hetero) is 1. The van der Waals surface area contributed by atoms with Gasteiger partial charge in [0.2, 0.25) is 12.3 Å². The Kier molecular flexibility index (Phi) is 3.66. The quantitative estimate of drug-likeness (QED) is 0.591. The molecule has 0 radical (unpaired) electrons. The molecular formula is C18H15N2O2+. The number of hydrogen-bond acceptors (Lipinski definition) is 2. The minimum absolute atomic E-state index is 0.0107. The fourth-order valence-corrected chi connectivity index (χ4v) is 2.49. The Bertz CT molecular complexity index is 866. The van der Waals surface area contributed by atoms with Crippen LogP contribution in [-0.4, -0.2) is 11.7 Å². The van der Waals surface area contributed by atoms with Crippen LogP contribution in [0.25, 0.3) is 10.8 Å².